The molecule has 0 aromatic carbocycles. The van der Waals surface area contributed by atoms with E-state index in [0.717, 1.165) is 6.42 Å². The third-order valence-electron chi connectivity index (χ3n) is 3.25. The Hall–Kier alpha value is -0.610. The molecule has 0 aromatic heterocycles. The fraction of sp³-hybridized carbons (Fsp3) is 0.900. The molecule has 1 aliphatic rings. The van der Waals surface area contributed by atoms with E-state index in [-0.39, 0.29) is 18.4 Å². The minimum absolute atomic E-state index is 0.132. The molecule has 1 heterocycles. The lowest BCUT2D eigenvalue weighted by atomic mass is 9.84. The van der Waals surface area contributed by atoms with E-state index in [9.17, 15) is 4.79 Å². The predicted octanol–water partition coefficient (Wildman–Crippen LogP) is -0.188. The molecule has 0 spiro atoms. The van der Waals surface area contributed by atoms with Crippen LogP contribution in [0.1, 0.15) is 20.3 Å². The van der Waals surface area contributed by atoms with Crippen LogP contribution in [0.15, 0.2) is 0 Å². The van der Waals surface area contributed by atoms with E-state index >= 15 is 0 Å². The summed E-state index contributed by atoms with van der Waals surface area (Å²) in [6.45, 7) is 5.82. The lowest BCUT2D eigenvalue weighted by Crippen LogP contribution is -2.57. The first-order valence-electron chi connectivity index (χ1n) is 5.17. The number of hydrogen-bond donors (Lipinski definition) is 2. The first-order chi connectivity index (χ1) is 6.57. The van der Waals surface area contributed by atoms with Crippen LogP contribution in [0.4, 0.5) is 0 Å². The second-order valence-electron chi connectivity index (χ2n) is 4.38. The van der Waals surface area contributed by atoms with Gasteiger partial charge in [-0.1, -0.05) is 6.92 Å². The smallest absolute Gasteiger partial charge is 0.229 e. The van der Waals surface area contributed by atoms with Gasteiger partial charge in [0.15, 0.2) is 0 Å². The van der Waals surface area contributed by atoms with Crippen LogP contribution in [0.25, 0.3) is 0 Å². The van der Waals surface area contributed by atoms with Crippen LogP contribution in [0.5, 0.6) is 0 Å². The van der Waals surface area contributed by atoms with Gasteiger partial charge in [0.25, 0.3) is 0 Å². The Kier molecular flexibility index (Phi) is 3.50. The average Bonchev–Trinajstić information content (AvgIpc) is 2.15. The van der Waals surface area contributed by atoms with Gasteiger partial charge in [0, 0.05) is 32.2 Å². The Labute approximate surface area is 85.1 Å². The highest BCUT2D eigenvalue weighted by molar-refractivity contribution is 5.83. The van der Waals surface area contributed by atoms with E-state index in [1.165, 1.54) is 0 Å². The van der Waals surface area contributed by atoms with E-state index in [2.05, 4.69) is 0 Å². The molecule has 14 heavy (non-hydrogen) atoms. The zero-order chi connectivity index (χ0) is 10.8. The number of nitrogens with zero attached hydrogens (tertiary/aromatic N) is 1. The quantitative estimate of drug-likeness (QED) is 0.661. The SMILES string of the molecule is CCC(C)(CN)C(=O)N1CC(CO)C1. The van der Waals surface area contributed by atoms with E-state index < -0.39 is 5.41 Å². The van der Waals surface area contributed by atoms with E-state index in [1.807, 2.05) is 13.8 Å². The molecule has 1 fully saturated rings. The predicted molar refractivity (Wildman–Crippen MR) is 54.6 cm³/mol. The summed E-state index contributed by atoms with van der Waals surface area (Å²) >= 11 is 0. The van der Waals surface area contributed by atoms with Crippen LogP contribution in [0, 0.1) is 11.3 Å². The van der Waals surface area contributed by atoms with Gasteiger partial charge in [-0.2, -0.15) is 0 Å². The van der Waals surface area contributed by atoms with Gasteiger partial charge in [-0.25, -0.2) is 0 Å². The van der Waals surface area contributed by atoms with Gasteiger partial charge in [0.2, 0.25) is 5.91 Å². The maximum atomic E-state index is 11.9. The number of aliphatic hydroxyl groups is 1. The van der Waals surface area contributed by atoms with E-state index in [4.69, 9.17) is 10.8 Å². The molecule has 1 rings (SSSR count). The Balaban J connectivity index is 2.50. The highest BCUT2D eigenvalue weighted by atomic mass is 16.3. The highest BCUT2D eigenvalue weighted by Crippen LogP contribution is 2.27. The molecule has 4 heteroatoms. The number of rotatable bonds is 4. The molecule has 0 saturated carbocycles. The van der Waals surface area contributed by atoms with Crippen molar-refractivity contribution >= 4 is 5.91 Å². The third kappa shape index (κ3) is 1.91. The fourth-order valence-corrected chi connectivity index (χ4v) is 1.62. The van der Waals surface area contributed by atoms with Crippen molar-refractivity contribution in [3.8, 4) is 0 Å². The minimum atomic E-state index is -0.416. The van der Waals surface area contributed by atoms with Gasteiger partial charge in [-0.15, -0.1) is 0 Å². The second kappa shape index (κ2) is 4.28. The summed E-state index contributed by atoms with van der Waals surface area (Å²) in [6, 6.07) is 0. The Morgan fingerprint density at radius 3 is 2.57 bits per heavy atom. The molecular formula is C10H20N2O2. The van der Waals surface area contributed by atoms with Crippen LogP contribution in [0.3, 0.4) is 0 Å². The molecule has 0 aromatic rings. The van der Waals surface area contributed by atoms with Crippen molar-refractivity contribution in [2.45, 2.75) is 20.3 Å². The lowest BCUT2D eigenvalue weighted by Gasteiger charge is -2.43. The van der Waals surface area contributed by atoms with Gasteiger partial charge in [-0.05, 0) is 13.3 Å². The standard InChI is InChI=1S/C10H20N2O2/c1-3-10(2,7-11)9(14)12-4-8(5-12)6-13/h8,13H,3-7,11H2,1-2H3. The van der Waals surface area contributed by atoms with Gasteiger partial charge in [-0.3, -0.25) is 4.79 Å². The molecule has 4 nitrogen and oxygen atoms in total. The first kappa shape index (κ1) is 11.5. The molecule has 3 N–H and O–H groups in total. The molecule has 1 unspecified atom stereocenters. The van der Waals surface area contributed by atoms with Gasteiger partial charge >= 0.3 is 0 Å². The monoisotopic (exact) mass is 200 g/mol. The molecule has 1 amide bonds. The first-order valence-corrected chi connectivity index (χ1v) is 5.17. The topological polar surface area (TPSA) is 66.6 Å². The van der Waals surface area contributed by atoms with E-state index in [0.29, 0.717) is 19.6 Å². The van der Waals surface area contributed by atoms with Gasteiger partial charge in [0.1, 0.15) is 0 Å². The van der Waals surface area contributed by atoms with E-state index in [1.54, 1.807) is 4.90 Å². The largest absolute Gasteiger partial charge is 0.396 e. The van der Waals surface area contributed by atoms with Crippen molar-refractivity contribution in [1.29, 1.82) is 0 Å². The maximum Gasteiger partial charge on any atom is 0.229 e. The minimum Gasteiger partial charge on any atom is -0.396 e. The average molecular weight is 200 g/mol. The second-order valence-corrected chi connectivity index (χ2v) is 4.38. The molecular weight excluding hydrogens is 180 g/mol. The summed E-state index contributed by atoms with van der Waals surface area (Å²) in [7, 11) is 0. The van der Waals surface area contributed by atoms with Crippen LogP contribution in [-0.2, 0) is 4.79 Å². The summed E-state index contributed by atoms with van der Waals surface area (Å²) < 4.78 is 0. The number of carbonyl (C=O) groups is 1. The third-order valence-corrected chi connectivity index (χ3v) is 3.25. The molecule has 0 bridgehead atoms. The molecule has 1 atom stereocenters. The lowest BCUT2D eigenvalue weighted by molar-refractivity contribution is -0.148. The Morgan fingerprint density at radius 2 is 2.21 bits per heavy atom. The van der Waals surface area contributed by atoms with Gasteiger partial charge < -0.3 is 15.7 Å². The summed E-state index contributed by atoms with van der Waals surface area (Å²) in [5.74, 6) is 0.407. The van der Waals surface area contributed by atoms with Crippen molar-refractivity contribution in [2.75, 3.05) is 26.2 Å². The summed E-state index contributed by atoms with van der Waals surface area (Å²) in [5, 5.41) is 8.84. The van der Waals surface area contributed by atoms with Gasteiger partial charge in [0.05, 0.1) is 5.41 Å². The van der Waals surface area contributed by atoms with Crippen molar-refractivity contribution in [1.82, 2.24) is 4.90 Å². The summed E-state index contributed by atoms with van der Waals surface area (Å²) in [4.78, 5) is 13.7. The van der Waals surface area contributed by atoms with Crippen molar-refractivity contribution in [2.24, 2.45) is 17.1 Å². The number of amides is 1. The van der Waals surface area contributed by atoms with Crippen molar-refractivity contribution in [3.63, 3.8) is 0 Å². The number of likely N-dealkylation sites (tertiary alicyclic amines) is 1. The number of carbonyl (C=O) groups excluding carboxylic acids is 1. The van der Waals surface area contributed by atoms with Crippen molar-refractivity contribution in [3.05, 3.63) is 0 Å². The summed E-state index contributed by atoms with van der Waals surface area (Å²) in [5.41, 5.74) is 5.19. The molecule has 82 valence electrons. The Morgan fingerprint density at radius 1 is 1.64 bits per heavy atom. The molecule has 0 radical (unpaired) electrons. The molecule has 1 aliphatic heterocycles. The zero-order valence-corrected chi connectivity index (χ0v) is 8.99. The Bertz CT molecular complexity index is 208. The molecule has 0 aliphatic carbocycles. The highest BCUT2D eigenvalue weighted by Gasteiger charge is 2.39. The normalized spacial score (nSPS) is 21.6. The van der Waals surface area contributed by atoms with Crippen LogP contribution < -0.4 is 5.73 Å². The maximum absolute atomic E-state index is 11.9. The molecule has 1 saturated heterocycles. The number of hydrogen-bond acceptors (Lipinski definition) is 3. The van der Waals surface area contributed by atoms with Crippen LogP contribution in [0.2, 0.25) is 0 Å². The number of nitrogens with two attached hydrogens (primary N) is 1. The summed E-state index contributed by atoms with van der Waals surface area (Å²) in [6.07, 6.45) is 0.766. The number of aliphatic hydroxyl groups excluding tert-OH is 1. The van der Waals surface area contributed by atoms with Crippen LogP contribution in [-0.4, -0.2) is 42.2 Å². The van der Waals surface area contributed by atoms with Crippen LogP contribution >= 0.6 is 0 Å². The zero-order valence-electron chi connectivity index (χ0n) is 8.99. The van der Waals surface area contributed by atoms with Crippen molar-refractivity contribution < 1.29 is 9.90 Å². The fourth-order valence-electron chi connectivity index (χ4n) is 1.62.